The highest BCUT2D eigenvalue weighted by atomic mass is 16.3. The number of aliphatic hydroxyl groups excluding tert-OH is 1. The van der Waals surface area contributed by atoms with Crippen molar-refractivity contribution in [2.24, 2.45) is 5.92 Å². The monoisotopic (exact) mass is 280 g/mol. The summed E-state index contributed by atoms with van der Waals surface area (Å²) in [4.78, 5) is 25.7. The fraction of sp³-hybridized carbons (Fsp3) is 0.571. The number of nitrogens with zero attached hydrogens (tertiary/aromatic N) is 1. The van der Waals surface area contributed by atoms with E-state index in [0.29, 0.717) is 13.1 Å². The Kier molecular flexibility index (Phi) is 4.44. The number of furan rings is 1. The van der Waals surface area contributed by atoms with Crippen molar-refractivity contribution in [3.8, 4) is 0 Å². The molecule has 110 valence electrons. The second-order valence-electron chi connectivity index (χ2n) is 5.25. The van der Waals surface area contributed by atoms with Gasteiger partial charge in [-0.05, 0) is 32.4 Å². The van der Waals surface area contributed by atoms with Crippen LogP contribution in [0.2, 0.25) is 0 Å². The molecule has 2 amide bonds. The highest BCUT2D eigenvalue weighted by molar-refractivity contribution is 5.95. The van der Waals surface area contributed by atoms with Gasteiger partial charge in [0.1, 0.15) is 6.04 Å². The first-order valence-corrected chi connectivity index (χ1v) is 6.80. The highest BCUT2D eigenvalue weighted by Crippen LogP contribution is 2.20. The maximum atomic E-state index is 12.2. The third-order valence-corrected chi connectivity index (χ3v) is 3.68. The lowest BCUT2D eigenvalue weighted by atomic mass is 10.0. The van der Waals surface area contributed by atoms with Gasteiger partial charge >= 0.3 is 0 Å². The van der Waals surface area contributed by atoms with Crippen molar-refractivity contribution < 1.29 is 19.1 Å². The van der Waals surface area contributed by atoms with E-state index in [9.17, 15) is 14.7 Å². The van der Waals surface area contributed by atoms with Crippen molar-refractivity contribution in [1.29, 1.82) is 0 Å². The SMILES string of the molecule is CC(NC(=O)c1ccco1)C(=O)N1CCC(C(C)O)C1. The minimum Gasteiger partial charge on any atom is -0.459 e. The summed E-state index contributed by atoms with van der Waals surface area (Å²) in [6.07, 6.45) is 1.79. The summed E-state index contributed by atoms with van der Waals surface area (Å²) in [6.45, 7) is 4.55. The zero-order valence-corrected chi connectivity index (χ0v) is 11.7. The Balaban J connectivity index is 1.88. The van der Waals surface area contributed by atoms with Crippen molar-refractivity contribution in [2.45, 2.75) is 32.4 Å². The number of hydrogen-bond donors (Lipinski definition) is 2. The quantitative estimate of drug-likeness (QED) is 0.847. The molecule has 2 rings (SSSR count). The molecule has 1 aliphatic rings. The van der Waals surface area contributed by atoms with Gasteiger partial charge in [-0.3, -0.25) is 9.59 Å². The molecule has 1 aromatic rings. The van der Waals surface area contributed by atoms with Crippen LogP contribution in [0.1, 0.15) is 30.8 Å². The molecule has 0 aliphatic carbocycles. The van der Waals surface area contributed by atoms with Gasteiger partial charge in [0, 0.05) is 19.0 Å². The van der Waals surface area contributed by atoms with E-state index >= 15 is 0 Å². The zero-order valence-electron chi connectivity index (χ0n) is 11.7. The van der Waals surface area contributed by atoms with Gasteiger partial charge in [0.05, 0.1) is 12.4 Å². The van der Waals surface area contributed by atoms with Gasteiger partial charge in [0.25, 0.3) is 5.91 Å². The molecule has 20 heavy (non-hydrogen) atoms. The standard InChI is InChI=1S/C14H20N2O4/c1-9(15-13(18)12-4-3-7-20-12)14(19)16-6-5-11(8-16)10(2)17/h3-4,7,9-11,17H,5-6,8H2,1-2H3,(H,15,18). The molecule has 1 saturated heterocycles. The molecule has 0 radical (unpaired) electrons. The van der Waals surface area contributed by atoms with Crippen LogP contribution in [0.5, 0.6) is 0 Å². The van der Waals surface area contributed by atoms with Crippen LogP contribution in [-0.2, 0) is 4.79 Å². The number of likely N-dealkylation sites (tertiary alicyclic amines) is 1. The molecule has 6 heteroatoms. The molecule has 0 bridgehead atoms. The maximum Gasteiger partial charge on any atom is 0.287 e. The Hall–Kier alpha value is -1.82. The number of hydrogen-bond acceptors (Lipinski definition) is 4. The largest absolute Gasteiger partial charge is 0.459 e. The Labute approximate surface area is 117 Å². The number of aliphatic hydroxyl groups is 1. The predicted octanol–water partition coefficient (Wildman–Crippen LogP) is 0.627. The van der Waals surface area contributed by atoms with Gasteiger partial charge in [0.15, 0.2) is 5.76 Å². The number of carbonyl (C=O) groups excluding carboxylic acids is 2. The van der Waals surface area contributed by atoms with Crippen molar-refractivity contribution in [3.63, 3.8) is 0 Å². The van der Waals surface area contributed by atoms with Crippen LogP contribution >= 0.6 is 0 Å². The summed E-state index contributed by atoms with van der Waals surface area (Å²) in [5, 5.41) is 12.2. The second-order valence-corrected chi connectivity index (χ2v) is 5.25. The van der Waals surface area contributed by atoms with E-state index in [0.717, 1.165) is 6.42 Å². The van der Waals surface area contributed by atoms with Gasteiger partial charge in [-0.25, -0.2) is 0 Å². The van der Waals surface area contributed by atoms with Crippen LogP contribution in [0.4, 0.5) is 0 Å². The Morgan fingerprint density at radius 1 is 1.50 bits per heavy atom. The van der Waals surface area contributed by atoms with Gasteiger partial charge in [-0.15, -0.1) is 0 Å². The van der Waals surface area contributed by atoms with Gasteiger partial charge in [0.2, 0.25) is 5.91 Å². The van der Waals surface area contributed by atoms with Crippen LogP contribution in [-0.4, -0.2) is 47.1 Å². The smallest absolute Gasteiger partial charge is 0.287 e. The molecule has 2 heterocycles. The summed E-state index contributed by atoms with van der Waals surface area (Å²) in [7, 11) is 0. The molecule has 3 unspecified atom stereocenters. The molecule has 2 N–H and O–H groups in total. The lowest BCUT2D eigenvalue weighted by Crippen LogP contribution is -2.46. The van der Waals surface area contributed by atoms with Crippen molar-refractivity contribution in [1.82, 2.24) is 10.2 Å². The van der Waals surface area contributed by atoms with E-state index in [2.05, 4.69) is 5.32 Å². The summed E-state index contributed by atoms with van der Waals surface area (Å²) < 4.78 is 4.98. The molecule has 0 saturated carbocycles. The summed E-state index contributed by atoms with van der Waals surface area (Å²) in [5.41, 5.74) is 0. The van der Waals surface area contributed by atoms with E-state index in [-0.39, 0.29) is 17.6 Å². The molecule has 1 fully saturated rings. The predicted molar refractivity (Wildman–Crippen MR) is 72.0 cm³/mol. The zero-order chi connectivity index (χ0) is 14.7. The molecule has 0 aromatic carbocycles. The van der Waals surface area contributed by atoms with Gasteiger partial charge < -0.3 is 19.7 Å². The molecule has 1 aliphatic heterocycles. The van der Waals surface area contributed by atoms with E-state index < -0.39 is 18.1 Å². The number of amides is 2. The van der Waals surface area contributed by atoms with Crippen LogP contribution in [0.3, 0.4) is 0 Å². The average Bonchev–Trinajstić information content (AvgIpc) is 3.08. The number of rotatable bonds is 4. The average molecular weight is 280 g/mol. The first-order valence-electron chi connectivity index (χ1n) is 6.80. The molecule has 1 aromatic heterocycles. The fourth-order valence-corrected chi connectivity index (χ4v) is 2.39. The maximum absolute atomic E-state index is 12.2. The first-order chi connectivity index (χ1) is 9.49. The molecule has 0 spiro atoms. The van der Waals surface area contributed by atoms with E-state index in [1.54, 1.807) is 30.9 Å². The molecule has 6 nitrogen and oxygen atoms in total. The summed E-state index contributed by atoms with van der Waals surface area (Å²) in [5.74, 6) is -0.227. The van der Waals surface area contributed by atoms with Gasteiger partial charge in [-0.2, -0.15) is 0 Å². The molecular weight excluding hydrogens is 260 g/mol. The minimum atomic E-state index is -0.611. The number of carbonyl (C=O) groups is 2. The minimum absolute atomic E-state index is 0.118. The normalized spacial score (nSPS) is 21.6. The lowest BCUT2D eigenvalue weighted by molar-refractivity contribution is -0.132. The lowest BCUT2D eigenvalue weighted by Gasteiger charge is -2.22. The third-order valence-electron chi connectivity index (χ3n) is 3.68. The third kappa shape index (κ3) is 3.19. The number of nitrogens with one attached hydrogen (secondary N) is 1. The molecule has 3 atom stereocenters. The van der Waals surface area contributed by atoms with E-state index in [1.807, 2.05) is 0 Å². The Bertz CT molecular complexity index is 470. The van der Waals surface area contributed by atoms with Crippen LogP contribution in [0.25, 0.3) is 0 Å². The highest BCUT2D eigenvalue weighted by Gasteiger charge is 2.31. The van der Waals surface area contributed by atoms with Crippen molar-refractivity contribution in [2.75, 3.05) is 13.1 Å². The van der Waals surface area contributed by atoms with E-state index in [4.69, 9.17) is 4.42 Å². The van der Waals surface area contributed by atoms with Crippen LogP contribution in [0.15, 0.2) is 22.8 Å². The topological polar surface area (TPSA) is 82.8 Å². The van der Waals surface area contributed by atoms with Crippen LogP contribution in [0, 0.1) is 5.92 Å². The summed E-state index contributed by atoms with van der Waals surface area (Å²) >= 11 is 0. The fourth-order valence-electron chi connectivity index (χ4n) is 2.39. The van der Waals surface area contributed by atoms with E-state index in [1.165, 1.54) is 6.26 Å². The van der Waals surface area contributed by atoms with Crippen LogP contribution < -0.4 is 5.32 Å². The Morgan fingerprint density at radius 3 is 2.80 bits per heavy atom. The molecular formula is C14H20N2O4. The Morgan fingerprint density at radius 2 is 2.25 bits per heavy atom. The van der Waals surface area contributed by atoms with Crippen molar-refractivity contribution in [3.05, 3.63) is 24.2 Å². The van der Waals surface area contributed by atoms with Crippen molar-refractivity contribution >= 4 is 11.8 Å². The summed E-state index contributed by atoms with van der Waals surface area (Å²) in [6, 6.07) is 2.56. The first kappa shape index (κ1) is 14.6. The van der Waals surface area contributed by atoms with Gasteiger partial charge in [-0.1, -0.05) is 0 Å². The second kappa shape index (κ2) is 6.09.